The Bertz CT molecular complexity index is 856. The molecular weight excluding hydrogens is 389 g/mol. The number of alkyl halides is 3. The average molecular weight is 410 g/mol. The van der Waals surface area contributed by atoms with Gasteiger partial charge in [-0.2, -0.15) is 5.10 Å². The summed E-state index contributed by atoms with van der Waals surface area (Å²) < 4.78 is 41.9. The lowest BCUT2D eigenvalue weighted by molar-refractivity contribution is -0.274. The molecule has 29 heavy (non-hydrogen) atoms. The highest BCUT2D eigenvalue weighted by atomic mass is 19.4. The van der Waals surface area contributed by atoms with Crippen molar-refractivity contribution in [1.29, 1.82) is 0 Å². The van der Waals surface area contributed by atoms with E-state index in [0.717, 1.165) is 0 Å². The van der Waals surface area contributed by atoms with E-state index < -0.39 is 6.36 Å². The lowest BCUT2D eigenvalue weighted by atomic mass is 10.0. The Hall–Kier alpha value is -3.04. The van der Waals surface area contributed by atoms with E-state index in [4.69, 9.17) is 0 Å². The topological polar surface area (TPSA) is 76.5 Å². The average Bonchev–Trinajstić information content (AvgIpc) is 3.09. The van der Waals surface area contributed by atoms with Gasteiger partial charge < -0.3 is 15.0 Å². The molecule has 1 aromatic heterocycles. The molecule has 10 heteroatoms. The molecule has 1 aliphatic rings. The maximum Gasteiger partial charge on any atom is 0.573 e. The molecule has 7 nitrogen and oxygen atoms in total. The zero-order chi connectivity index (χ0) is 21.0. The van der Waals surface area contributed by atoms with Crippen LogP contribution in [0.5, 0.6) is 5.75 Å². The number of rotatable bonds is 5. The third-order valence-electron chi connectivity index (χ3n) is 4.66. The van der Waals surface area contributed by atoms with Gasteiger partial charge in [0.25, 0.3) is 5.91 Å². The van der Waals surface area contributed by atoms with Gasteiger partial charge in [0.2, 0.25) is 5.91 Å². The molecule has 0 atom stereocenters. The first-order chi connectivity index (χ1) is 13.7. The van der Waals surface area contributed by atoms with E-state index >= 15 is 0 Å². The highest BCUT2D eigenvalue weighted by Crippen LogP contribution is 2.23. The van der Waals surface area contributed by atoms with Crippen molar-refractivity contribution in [1.82, 2.24) is 20.0 Å². The number of carbonyl (C=O) groups is 2. The lowest BCUT2D eigenvalue weighted by Gasteiger charge is -2.32. The maximum absolute atomic E-state index is 12.5. The first-order valence-electron chi connectivity index (χ1n) is 9.11. The largest absolute Gasteiger partial charge is 0.573 e. The molecule has 0 aliphatic carbocycles. The molecule has 1 N–H and O–H groups in total. The van der Waals surface area contributed by atoms with Crippen LogP contribution in [0.25, 0.3) is 0 Å². The summed E-state index contributed by atoms with van der Waals surface area (Å²) in [5, 5.41) is 6.91. The predicted molar refractivity (Wildman–Crippen MR) is 97.1 cm³/mol. The number of carbonyl (C=O) groups excluding carboxylic acids is 2. The molecule has 3 rings (SSSR count). The van der Waals surface area contributed by atoms with Gasteiger partial charge in [0.15, 0.2) is 0 Å². The zero-order valence-electron chi connectivity index (χ0n) is 15.8. The van der Waals surface area contributed by atoms with Crippen LogP contribution >= 0.6 is 0 Å². The number of amides is 2. The van der Waals surface area contributed by atoms with Crippen molar-refractivity contribution in [3.63, 3.8) is 0 Å². The monoisotopic (exact) mass is 410 g/mol. The standard InChI is InChI=1S/C19H21F3N4O3/c1-25-12-14(11-23-25)18(28)24-15-6-8-26(9-7-15)17(27)10-13-2-4-16(5-3-13)29-19(20,21)22/h2-5,11-12,15H,6-10H2,1H3,(H,24,28). The van der Waals surface area contributed by atoms with Crippen LogP contribution in [0, 0.1) is 0 Å². The molecule has 0 radical (unpaired) electrons. The van der Waals surface area contributed by atoms with Crippen LogP contribution in [0.2, 0.25) is 0 Å². The van der Waals surface area contributed by atoms with E-state index in [1.165, 1.54) is 30.5 Å². The molecule has 0 bridgehead atoms. The van der Waals surface area contributed by atoms with E-state index in [1.807, 2.05) is 0 Å². The molecule has 1 aromatic carbocycles. The van der Waals surface area contributed by atoms with Gasteiger partial charge >= 0.3 is 6.36 Å². The smallest absolute Gasteiger partial charge is 0.406 e. The SMILES string of the molecule is Cn1cc(C(=O)NC2CCN(C(=O)Cc3ccc(OC(F)(F)F)cc3)CC2)cn1. The predicted octanol–water partition coefficient (Wildman–Crippen LogP) is 2.28. The van der Waals surface area contributed by atoms with Gasteiger partial charge in [-0.05, 0) is 30.5 Å². The molecule has 2 heterocycles. The van der Waals surface area contributed by atoms with Crippen LogP contribution in [-0.2, 0) is 18.3 Å². The summed E-state index contributed by atoms with van der Waals surface area (Å²) in [7, 11) is 1.73. The summed E-state index contributed by atoms with van der Waals surface area (Å²) in [5.41, 5.74) is 1.10. The molecule has 1 saturated heterocycles. The van der Waals surface area contributed by atoms with Crippen molar-refractivity contribution >= 4 is 11.8 Å². The first-order valence-corrected chi connectivity index (χ1v) is 9.11. The van der Waals surface area contributed by atoms with Crippen molar-refractivity contribution in [3.8, 4) is 5.75 Å². The number of aryl methyl sites for hydroxylation is 1. The zero-order valence-corrected chi connectivity index (χ0v) is 15.8. The molecule has 2 amide bonds. The van der Waals surface area contributed by atoms with Crippen LogP contribution in [0.1, 0.15) is 28.8 Å². The van der Waals surface area contributed by atoms with Gasteiger partial charge in [-0.15, -0.1) is 13.2 Å². The van der Waals surface area contributed by atoms with Gasteiger partial charge in [0.1, 0.15) is 5.75 Å². The molecule has 1 aliphatic heterocycles. The van der Waals surface area contributed by atoms with Crippen molar-refractivity contribution in [3.05, 3.63) is 47.8 Å². The number of ether oxygens (including phenoxy) is 1. The number of aromatic nitrogens is 2. The minimum Gasteiger partial charge on any atom is -0.406 e. The summed E-state index contributed by atoms with van der Waals surface area (Å²) in [4.78, 5) is 26.3. The second-order valence-electron chi connectivity index (χ2n) is 6.90. The Kier molecular flexibility index (Phi) is 6.09. The summed E-state index contributed by atoms with van der Waals surface area (Å²) in [5.74, 6) is -0.616. The Morgan fingerprint density at radius 2 is 1.86 bits per heavy atom. The number of nitrogens with zero attached hydrogens (tertiary/aromatic N) is 3. The fourth-order valence-corrected chi connectivity index (χ4v) is 3.18. The number of hydrogen-bond donors (Lipinski definition) is 1. The molecule has 1 fully saturated rings. The van der Waals surface area contributed by atoms with Crippen molar-refractivity contribution in [2.24, 2.45) is 7.05 Å². The van der Waals surface area contributed by atoms with Crippen LogP contribution in [-0.4, -0.2) is 52.0 Å². The van der Waals surface area contributed by atoms with Crippen molar-refractivity contribution in [2.75, 3.05) is 13.1 Å². The maximum atomic E-state index is 12.5. The molecule has 0 saturated carbocycles. The Morgan fingerprint density at radius 1 is 1.21 bits per heavy atom. The Morgan fingerprint density at radius 3 is 2.41 bits per heavy atom. The first kappa shape index (κ1) is 20.7. The highest BCUT2D eigenvalue weighted by Gasteiger charge is 2.31. The third kappa shape index (κ3) is 5.97. The molecular formula is C19H21F3N4O3. The summed E-state index contributed by atoms with van der Waals surface area (Å²) >= 11 is 0. The highest BCUT2D eigenvalue weighted by molar-refractivity contribution is 5.93. The minimum atomic E-state index is -4.74. The number of benzene rings is 1. The molecule has 0 unspecified atom stereocenters. The van der Waals surface area contributed by atoms with Gasteiger partial charge in [-0.3, -0.25) is 14.3 Å². The van der Waals surface area contributed by atoms with E-state index in [-0.39, 0.29) is 30.0 Å². The summed E-state index contributed by atoms with van der Waals surface area (Å²) in [6.45, 7) is 1.01. The number of piperidine rings is 1. The number of hydrogen-bond acceptors (Lipinski definition) is 4. The van der Waals surface area contributed by atoms with Gasteiger partial charge in [-0.25, -0.2) is 0 Å². The second-order valence-corrected chi connectivity index (χ2v) is 6.90. The fourth-order valence-electron chi connectivity index (χ4n) is 3.18. The summed E-state index contributed by atoms with van der Waals surface area (Å²) in [6, 6.07) is 5.25. The summed E-state index contributed by atoms with van der Waals surface area (Å²) in [6.07, 6.45) is -0.239. The number of nitrogens with one attached hydrogen (secondary N) is 1. The second kappa shape index (κ2) is 8.54. The van der Waals surface area contributed by atoms with Crippen LogP contribution in [0.15, 0.2) is 36.7 Å². The molecule has 156 valence electrons. The van der Waals surface area contributed by atoms with Gasteiger partial charge in [0.05, 0.1) is 18.2 Å². The number of likely N-dealkylation sites (tertiary alicyclic amines) is 1. The Balaban J connectivity index is 1.45. The van der Waals surface area contributed by atoms with Gasteiger partial charge in [-0.1, -0.05) is 12.1 Å². The quantitative estimate of drug-likeness (QED) is 0.821. The van der Waals surface area contributed by atoms with Crippen molar-refractivity contribution in [2.45, 2.75) is 31.7 Å². The molecule has 0 spiro atoms. The van der Waals surface area contributed by atoms with Crippen molar-refractivity contribution < 1.29 is 27.5 Å². The van der Waals surface area contributed by atoms with E-state index in [1.54, 1.807) is 22.8 Å². The lowest BCUT2D eigenvalue weighted by Crippen LogP contribution is -2.46. The number of halogens is 3. The van der Waals surface area contributed by atoms with Crippen LogP contribution in [0.3, 0.4) is 0 Å². The van der Waals surface area contributed by atoms with E-state index in [2.05, 4.69) is 15.2 Å². The van der Waals surface area contributed by atoms with Gasteiger partial charge in [0, 0.05) is 32.4 Å². The van der Waals surface area contributed by atoms with Crippen LogP contribution < -0.4 is 10.1 Å². The normalized spacial score (nSPS) is 15.2. The van der Waals surface area contributed by atoms with E-state index in [9.17, 15) is 22.8 Å². The third-order valence-corrected chi connectivity index (χ3v) is 4.66. The van der Waals surface area contributed by atoms with E-state index in [0.29, 0.717) is 37.1 Å². The Labute approximate surface area is 165 Å². The minimum absolute atomic E-state index is 0.0226. The molecule has 2 aromatic rings. The van der Waals surface area contributed by atoms with Crippen LogP contribution in [0.4, 0.5) is 13.2 Å². The fraction of sp³-hybridized carbons (Fsp3) is 0.421.